The maximum atomic E-state index is 5.83. The SMILES string of the molecule is CCOc1cc(CBr)cc(Br)c1OCc1ncnn1C. The molecule has 108 valence electrons. The molecule has 0 aliphatic carbocycles. The molecule has 0 amide bonds. The number of alkyl halides is 1. The molecule has 1 heterocycles. The smallest absolute Gasteiger partial charge is 0.176 e. The van der Waals surface area contributed by atoms with Gasteiger partial charge in [-0.25, -0.2) is 4.98 Å². The highest BCUT2D eigenvalue weighted by Gasteiger charge is 2.13. The van der Waals surface area contributed by atoms with Crippen molar-refractivity contribution in [3.05, 3.63) is 34.3 Å². The van der Waals surface area contributed by atoms with Gasteiger partial charge in [-0.2, -0.15) is 5.10 Å². The van der Waals surface area contributed by atoms with Crippen LogP contribution in [-0.2, 0) is 19.0 Å². The Kier molecular flexibility index (Phi) is 5.42. The molecule has 2 aromatic rings. The van der Waals surface area contributed by atoms with Gasteiger partial charge in [0.25, 0.3) is 0 Å². The lowest BCUT2D eigenvalue weighted by Crippen LogP contribution is -2.06. The van der Waals surface area contributed by atoms with Gasteiger partial charge in [0.05, 0.1) is 11.1 Å². The first-order valence-corrected chi connectivity index (χ1v) is 8.04. The lowest BCUT2D eigenvalue weighted by atomic mass is 10.2. The van der Waals surface area contributed by atoms with Crippen LogP contribution in [0.1, 0.15) is 18.3 Å². The van der Waals surface area contributed by atoms with Crippen molar-refractivity contribution in [3.63, 3.8) is 0 Å². The van der Waals surface area contributed by atoms with Crippen molar-refractivity contribution in [2.45, 2.75) is 18.9 Å². The standard InChI is InChI=1S/C13H15Br2N3O2/c1-3-19-11-5-9(6-14)4-10(15)13(11)20-7-12-16-8-17-18(12)2/h4-5,8H,3,6-7H2,1-2H3. The zero-order valence-electron chi connectivity index (χ0n) is 11.3. The van der Waals surface area contributed by atoms with Gasteiger partial charge in [-0.1, -0.05) is 15.9 Å². The Morgan fingerprint density at radius 1 is 1.30 bits per heavy atom. The first-order chi connectivity index (χ1) is 9.65. The van der Waals surface area contributed by atoms with Gasteiger partial charge in [-0.15, -0.1) is 0 Å². The molecule has 20 heavy (non-hydrogen) atoms. The van der Waals surface area contributed by atoms with Crippen molar-refractivity contribution in [2.75, 3.05) is 6.61 Å². The van der Waals surface area contributed by atoms with E-state index in [1.165, 1.54) is 6.33 Å². The topological polar surface area (TPSA) is 49.2 Å². The monoisotopic (exact) mass is 403 g/mol. The van der Waals surface area contributed by atoms with E-state index in [2.05, 4.69) is 41.9 Å². The predicted octanol–water partition coefficient (Wildman–Crippen LogP) is 3.45. The number of halogens is 2. The lowest BCUT2D eigenvalue weighted by Gasteiger charge is -2.14. The maximum absolute atomic E-state index is 5.83. The summed E-state index contributed by atoms with van der Waals surface area (Å²) in [4.78, 5) is 4.13. The molecule has 1 aromatic carbocycles. The van der Waals surface area contributed by atoms with E-state index in [4.69, 9.17) is 9.47 Å². The maximum Gasteiger partial charge on any atom is 0.176 e. The fourth-order valence-corrected chi connectivity index (χ4v) is 2.62. The average Bonchev–Trinajstić information content (AvgIpc) is 2.83. The molecule has 7 heteroatoms. The number of benzene rings is 1. The molecule has 0 radical (unpaired) electrons. The van der Waals surface area contributed by atoms with E-state index in [9.17, 15) is 0 Å². The van der Waals surface area contributed by atoms with Gasteiger partial charge in [0.1, 0.15) is 12.9 Å². The molecule has 0 N–H and O–H groups in total. The number of aryl methyl sites for hydroxylation is 1. The molecule has 2 rings (SSSR count). The average molecular weight is 405 g/mol. The van der Waals surface area contributed by atoms with E-state index in [-0.39, 0.29) is 0 Å². The predicted molar refractivity (Wildman–Crippen MR) is 83.3 cm³/mol. The minimum absolute atomic E-state index is 0.336. The van der Waals surface area contributed by atoms with Gasteiger partial charge in [-0.3, -0.25) is 4.68 Å². The van der Waals surface area contributed by atoms with Gasteiger partial charge >= 0.3 is 0 Å². The van der Waals surface area contributed by atoms with Crippen LogP contribution in [0.3, 0.4) is 0 Å². The van der Waals surface area contributed by atoms with Gasteiger partial charge in [0.15, 0.2) is 17.3 Å². The van der Waals surface area contributed by atoms with Crippen molar-refractivity contribution in [1.82, 2.24) is 14.8 Å². The van der Waals surface area contributed by atoms with Crippen LogP contribution in [0.5, 0.6) is 11.5 Å². The normalized spacial score (nSPS) is 10.6. The van der Waals surface area contributed by atoms with Crippen molar-refractivity contribution in [3.8, 4) is 11.5 Å². The Bertz CT molecular complexity index is 587. The molecular weight excluding hydrogens is 390 g/mol. The lowest BCUT2D eigenvalue weighted by molar-refractivity contribution is 0.258. The van der Waals surface area contributed by atoms with E-state index in [0.717, 1.165) is 26.9 Å². The van der Waals surface area contributed by atoms with Crippen molar-refractivity contribution >= 4 is 31.9 Å². The van der Waals surface area contributed by atoms with Crippen LogP contribution < -0.4 is 9.47 Å². The van der Waals surface area contributed by atoms with E-state index in [0.29, 0.717) is 19.0 Å². The zero-order valence-corrected chi connectivity index (χ0v) is 14.4. The molecule has 0 saturated heterocycles. The molecule has 0 atom stereocenters. The summed E-state index contributed by atoms with van der Waals surface area (Å²) in [5.41, 5.74) is 1.12. The fourth-order valence-electron chi connectivity index (χ4n) is 1.69. The van der Waals surface area contributed by atoms with Crippen LogP contribution in [0.15, 0.2) is 22.9 Å². The summed E-state index contributed by atoms with van der Waals surface area (Å²) in [7, 11) is 1.83. The third-order valence-corrected chi connectivity index (χ3v) is 3.91. The van der Waals surface area contributed by atoms with Crippen LogP contribution in [0.4, 0.5) is 0 Å². The fraction of sp³-hybridized carbons (Fsp3) is 0.385. The molecule has 0 fully saturated rings. The van der Waals surface area contributed by atoms with E-state index in [1.807, 2.05) is 26.1 Å². The number of rotatable bonds is 6. The number of nitrogens with zero attached hydrogens (tertiary/aromatic N) is 3. The molecule has 0 aliphatic heterocycles. The highest BCUT2D eigenvalue weighted by Crippen LogP contribution is 2.37. The first kappa shape index (κ1) is 15.3. The summed E-state index contributed by atoms with van der Waals surface area (Å²) >= 11 is 6.97. The Hall–Kier alpha value is -1.08. The van der Waals surface area contributed by atoms with Crippen molar-refractivity contribution < 1.29 is 9.47 Å². The molecule has 0 saturated carbocycles. The van der Waals surface area contributed by atoms with Gasteiger partial charge in [0.2, 0.25) is 0 Å². The number of hydrogen-bond donors (Lipinski definition) is 0. The largest absolute Gasteiger partial charge is 0.490 e. The van der Waals surface area contributed by atoms with Crippen LogP contribution in [0.2, 0.25) is 0 Å². The second kappa shape index (κ2) is 7.08. The summed E-state index contributed by atoms with van der Waals surface area (Å²) < 4.78 is 14.0. The first-order valence-electron chi connectivity index (χ1n) is 6.12. The van der Waals surface area contributed by atoms with Gasteiger partial charge < -0.3 is 9.47 Å². The van der Waals surface area contributed by atoms with Crippen molar-refractivity contribution in [1.29, 1.82) is 0 Å². The summed E-state index contributed by atoms with van der Waals surface area (Å²) in [5.74, 6) is 2.15. The third kappa shape index (κ3) is 3.52. The second-order valence-corrected chi connectivity index (χ2v) is 5.48. The Morgan fingerprint density at radius 3 is 2.70 bits per heavy atom. The van der Waals surface area contributed by atoms with Crippen molar-refractivity contribution in [2.24, 2.45) is 7.05 Å². The molecule has 1 aromatic heterocycles. The summed E-state index contributed by atoms with van der Waals surface area (Å²) in [6, 6.07) is 3.97. The molecule has 5 nitrogen and oxygen atoms in total. The van der Waals surface area contributed by atoms with Crippen LogP contribution in [-0.4, -0.2) is 21.4 Å². The molecule has 0 aliphatic rings. The number of aromatic nitrogens is 3. The quantitative estimate of drug-likeness (QED) is 0.692. The Morgan fingerprint density at radius 2 is 2.10 bits per heavy atom. The van der Waals surface area contributed by atoms with Gasteiger partial charge in [-0.05, 0) is 40.5 Å². The zero-order chi connectivity index (χ0) is 14.5. The summed E-state index contributed by atoms with van der Waals surface area (Å²) in [5, 5.41) is 4.77. The minimum atomic E-state index is 0.336. The van der Waals surface area contributed by atoms with Crippen LogP contribution in [0.25, 0.3) is 0 Å². The summed E-state index contributed by atoms with van der Waals surface area (Å²) in [6.07, 6.45) is 1.51. The van der Waals surface area contributed by atoms with E-state index in [1.54, 1.807) is 4.68 Å². The number of hydrogen-bond acceptors (Lipinski definition) is 4. The Balaban J connectivity index is 2.23. The number of ether oxygens (including phenoxy) is 2. The highest BCUT2D eigenvalue weighted by atomic mass is 79.9. The molecular formula is C13H15Br2N3O2. The highest BCUT2D eigenvalue weighted by molar-refractivity contribution is 9.10. The van der Waals surface area contributed by atoms with Crippen LogP contribution >= 0.6 is 31.9 Å². The van der Waals surface area contributed by atoms with E-state index >= 15 is 0 Å². The Labute approximate surface area is 134 Å². The molecule has 0 bridgehead atoms. The second-order valence-electron chi connectivity index (χ2n) is 4.06. The molecule has 0 unspecified atom stereocenters. The van der Waals surface area contributed by atoms with E-state index < -0.39 is 0 Å². The minimum Gasteiger partial charge on any atom is -0.490 e. The molecule has 0 spiro atoms. The third-order valence-electron chi connectivity index (χ3n) is 2.67. The van der Waals surface area contributed by atoms with Gasteiger partial charge in [0, 0.05) is 12.4 Å². The summed E-state index contributed by atoms with van der Waals surface area (Å²) in [6.45, 7) is 2.86. The van der Waals surface area contributed by atoms with Crippen LogP contribution in [0, 0.1) is 0 Å².